The molecule has 1 aromatic carbocycles. The summed E-state index contributed by atoms with van der Waals surface area (Å²) in [5, 5.41) is 8.82. The number of aromatic nitrogens is 2. The van der Waals surface area contributed by atoms with E-state index in [1.807, 2.05) is 24.3 Å². The second-order valence-corrected chi connectivity index (χ2v) is 5.09. The van der Waals surface area contributed by atoms with Crippen LogP contribution in [0.15, 0.2) is 35.1 Å². The Morgan fingerprint density at radius 1 is 1.00 bits per heavy atom. The van der Waals surface area contributed by atoms with Crippen LogP contribution in [0, 0.1) is 0 Å². The number of H-pyrrole nitrogens is 2. The highest BCUT2D eigenvalue weighted by molar-refractivity contribution is 5.62. The van der Waals surface area contributed by atoms with Crippen molar-refractivity contribution in [3.05, 3.63) is 40.7 Å². The monoisotopic (exact) mass is 273 g/mol. The van der Waals surface area contributed by atoms with Gasteiger partial charge in [0.25, 0.3) is 5.56 Å². The molecule has 0 aliphatic rings. The number of aromatic amines is 2. The summed E-state index contributed by atoms with van der Waals surface area (Å²) in [6.07, 6.45) is 6.47. The van der Waals surface area contributed by atoms with Gasteiger partial charge < -0.3 is 5.32 Å². The predicted molar refractivity (Wildman–Crippen MR) is 84.1 cm³/mol. The van der Waals surface area contributed by atoms with Gasteiger partial charge in [-0.25, -0.2) is 0 Å². The van der Waals surface area contributed by atoms with Gasteiger partial charge in [0.05, 0.1) is 5.69 Å². The number of hydrogen-bond donors (Lipinski definition) is 3. The van der Waals surface area contributed by atoms with Crippen molar-refractivity contribution in [2.24, 2.45) is 0 Å². The lowest BCUT2D eigenvalue weighted by atomic mass is 10.1. The lowest BCUT2D eigenvalue weighted by Crippen LogP contribution is -2.01. The summed E-state index contributed by atoms with van der Waals surface area (Å²) in [6.45, 7) is 3.25. The van der Waals surface area contributed by atoms with Crippen molar-refractivity contribution in [2.75, 3.05) is 11.9 Å². The minimum Gasteiger partial charge on any atom is -0.385 e. The summed E-state index contributed by atoms with van der Waals surface area (Å²) < 4.78 is 0. The fourth-order valence-corrected chi connectivity index (χ4v) is 2.22. The first-order chi connectivity index (χ1) is 9.79. The fraction of sp³-hybridized carbons (Fsp3) is 0.438. The Bertz CT molecular complexity index is 554. The molecule has 0 radical (unpaired) electrons. The van der Waals surface area contributed by atoms with Gasteiger partial charge in [-0.1, -0.05) is 44.7 Å². The van der Waals surface area contributed by atoms with Crippen LogP contribution in [-0.2, 0) is 0 Å². The zero-order valence-corrected chi connectivity index (χ0v) is 12.0. The van der Waals surface area contributed by atoms with E-state index in [0.29, 0.717) is 0 Å². The third kappa shape index (κ3) is 4.30. The minimum absolute atomic E-state index is 0.103. The SMILES string of the molecule is CCCCCCCNc1ccc(-c2cc(=O)[nH][nH]2)cc1. The lowest BCUT2D eigenvalue weighted by Gasteiger charge is -2.07. The van der Waals surface area contributed by atoms with E-state index in [0.717, 1.165) is 23.5 Å². The summed E-state index contributed by atoms with van der Waals surface area (Å²) in [5.74, 6) is 0. The van der Waals surface area contributed by atoms with Gasteiger partial charge >= 0.3 is 0 Å². The molecule has 1 heterocycles. The molecular weight excluding hydrogens is 250 g/mol. The van der Waals surface area contributed by atoms with Gasteiger partial charge in [0, 0.05) is 18.3 Å². The van der Waals surface area contributed by atoms with Crippen LogP contribution >= 0.6 is 0 Å². The van der Waals surface area contributed by atoms with Crippen LogP contribution < -0.4 is 10.9 Å². The molecule has 0 fully saturated rings. The predicted octanol–water partition coefficient (Wildman–Crippen LogP) is 3.75. The Morgan fingerprint density at radius 3 is 2.40 bits per heavy atom. The summed E-state index contributed by atoms with van der Waals surface area (Å²) >= 11 is 0. The van der Waals surface area contributed by atoms with Gasteiger partial charge in [-0.3, -0.25) is 15.0 Å². The summed E-state index contributed by atoms with van der Waals surface area (Å²) in [5.41, 5.74) is 2.86. The first kappa shape index (κ1) is 14.4. The van der Waals surface area contributed by atoms with Gasteiger partial charge in [0.1, 0.15) is 0 Å². The second-order valence-electron chi connectivity index (χ2n) is 5.09. The van der Waals surface area contributed by atoms with Gasteiger partial charge in [-0.05, 0) is 24.1 Å². The minimum atomic E-state index is -0.103. The molecule has 0 amide bonds. The maximum Gasteiger partial charge on any atom is 0.264 e. The summed E-state index contributed by atoms with van der Waals surface area (Å²) in [7, 11) is 0. The van der Waals surface area contributed by atoms with E-state index in [4.69, 9.17) is 0 Å². The Hall–Kier alpha value is -1.97. The maximum absolute atomic E-state index is 11.1. The molecule has 0 saturated carbocycles. The molecule has 3 N–H and O–H groups in total. The van der Waals surface area contributed by atoms with Crippen LogP contribution in [-0.4, -0.2) is 16.7 Å². The first-order valence-electron chi connectivity index (χ1n) is 7.41. The molecule has 0 aliphatic carbocycles. The molecule has 1 aromatic heterocycles. The fourth-order valence-electron chi connectivity index (χ4n) is 2.22. The highest BCUT2D eigenvalue weighted by Gasteiger charge is 2.00. The first-order valence-corrected chi connectivity index (χ1v) is 7.41. The molecule has 0 spiro atoms. The van der Waals surface area contributed by atoms with E-state index < -0.39 is 0 Å². The van der Waals surface area contributed by atoms with Crippen molar-refractivity contribution in [2.45, 2.75) is 39.0 Å². The van der Waals surface area contributed by atoms with E-state index >= 15 is 0 Å². The van der Waals surface area contributed by atoms with E-state index in [1.165, 1.54) is 32.1 Å². The van der Waals surface area contributed by atoms with Crippen LogP contribution in [0.5, 0.6) is 0 Å². The van der Waals surface area contributed by atoms with E-state index in [2.05, 4.69) is 22.4 Å². The molecule has 0 saturated heterocycles. The van der Waals surface area contributed by atoms with Crippen molar-refractivity contribution >= 4 is 5.69 Å². The van der Waals surface area contributed by atoms with Crippen LogP contribution in [0.3, 0.4) is 0 Å². The molecule has 108 valence electrons. The molecule has 2 rings (SSSR count). The zero-order valence-electron chi connectivity index (χ0n) is 12.0. The van der Waals surface area contributed by atoms with Crippen LogP contribution in [0.4, 0.5) is 5.69 Å². The van der Waals surface area contributed by atoms with Crippen molar-refractivity contribution in [3.63, 3.8) is 0 Å². The van der Waals surface area contributed by atoms with Gasteiger partial charge in [0.2, 0.25) is 0 Å². The Labute approximate surface area is 119 Å². The van der Waals surface area contributed by atoms with Crippen LogP contribution in [0.2, 0.25) is 0 Å². The average molecular weight is 273 g/mol. The molecule has 2 aromatic rings. The molecule has 20 heavy (non-hydrogen) atoms. The molecule has 0 bridgehead atoms. The Balaban J connectivity index is 1.78. The third-order valence-corrected chi connectivity index (χ3v) is 3.40. The van der Waals surface area contributed by atoms with Crippen molar-refractivity contribution < 1.29 is 0 Å². The van der Waals surface area contributed by atoms with Crippen molar-refractivity contribution in [3.8, 4) is 11.3 Å². The quantitative estimate of drug-likeness (QED) is 0.641. The molecule has 0 aliphatic heterocycles. The largest absolute Gasteiger partial charge is 0.385 e. The standard InChI is InChI=1S/C16H23N3O/c1-2-3-4-5-6-11-17-14-9-7-13(8-10-14)15-12-16(20)19-18-15/h7-10,12,17H,2-6,11H2,1H3,(H2,18,19,20). The van der Waals surface area contributed by atoms with E-state index in [1.54, 1.807) is 6.07 Å². The number of benzene rings is 1. The number of nitrogens with one attached hydrogen (secondary N) is 3. The molecule has 0 atom stereocenters. The second kappa shape index (κ2) is 7.58. The highest BCUT2D eigenvalue weighted by atomic mass is 16.1. The number of hydrogen-bond acceptors (Lipinski definition) is 2. The maximum atomic E-state index is 11.1. The number of anilines is 1. The molecule has 0 unspecified atom stereocenters. The van der Waals surface area contributed by atoms with Crippen LogP contribution in [0.1, 0.15) is 39.0 Å². The zero-order chi connectivity index (χ0) is 14.2. The third-order valence-electron chi connectivity index (χ3n) is 3.40. The molecular formula is C16H23N3O. The normalized spacial score (nSPS) is 10.7. The highest BCUT2D eigenvalue weighted by Crippen LogP contribution is 2.18. The lowest BCUT2D eigenvalue weighted by molar-refractivity contribution is 0.645. The number of unbranched alkanes of at least 4 members (excludes halogenated alkanes) is 4. The van der Waals surface area contributed by atoms with E-state index in [9.17, 15) is 4.79 Å². The molecule has 4 nitrogen and oxygen atoms in total. The van der Waals surface area contributed by atoms with Gasteiger partial charge in [-0.2, -0.15) is 0 Å². The summed E-state index contributed by atoms with van der Waals surface area (Å²) in [4.78, 5) is 11.1. The van der Waals surface area contributed by atoms with Gasteiger partial charge in [-0.15, -0.1) is 0 Å². The topological polar surface area (TPSA) is 60.7 Å². The smallest absolute Gasteiger partial charge is 0.264 e. The van der Waals surface area contributed by atoms with Crippen LogP contribution in [0.25, 0.3) is 11.3 Å². The molecule has 4 heteroatoms. The summed E-state index contributed by atoms with van der Waals surface area (Å²) in [6, 6.07) is 9.69. The number of rotatable bonds is 8. The van der Waals surface area contributed by atoms with E-state index in [-0.39, 0.29) is 5.56 Å². The van der Waals surface area contributed by atoms with Crippen molar-refractivity contribution in [1.82, 2.24) is 10.2 Å². The Morgan fingerprint density at radius 2 is 1.75 bits per heavy atom. The Kier molecular flexibility index (Phi) is 5.47. The van der Waals surface area contributed by atoms with Gasteiger partial charge in [0.15, 0.2) is 0 Å². The average Bonchev–Trinajstić information content (AvgIpc) is 2.90. The van der Waals surface area contributed by atoms with Crippen molar-refractivity contribution in [1.29, 1.82) is 0 Å².